The lowest BCUT2D eigenvalue weighted by Gasteiger charge is -2.20. The highest BCUT2D eigenvalue weighted by Gasteiger charge is 2.22. The van der Waals surface area contributed by atoms with E-state index < -0.39 is 0 Å². The highest BCUT2D eigenvalue weighted by molar-refractivity contribution is 9.10. The number of amides is 2. The molecule has 0 spiro atoms. The SMILES string of the molecule is CCc1nc2ccccc2c(C(=O)N(C)CC(=O)Nc2ccc(Br)cc2C)c1C. The van der Waals surface area contributed by atoms with E-state index in [1.165, 1.54) is 4.90 Å². The molecule has 1 aromatic heterocycles. The van der Waals surface area contributed by atoms with Gasteiger partial charge in [-0.1, -0.05) is 41.1 Å². The van der Waals surface area contributed by atoms with E-state index in [-0.39, 0.29) is 18.4 Å². The van der Waals surface area contributed by atoms with Gasteiger partial charge in [0.15, 0.2) is 0 Å². The van der Waals surface area contributed by atoms with Gasteiger partial charge in [0.05, 0.1) is 17.6 Å². The second-order valence-corrected chi connectivity index (χ2v) is 8.01. The van der Waals surface area contributed by atoms with Crippen LogP contribution in [-0.2, 0) is 11.2 Å². The minimum atomic E-state index is -0.238. The largest absolute Gasteiger partial charge is 0.332 e. The standard InChI is InChI=1S/C23H24BrN3O2/c1-5-18-15(3)22(17-8-6-7-9-20(17)25-18)23(29)27(4)13-21(28)26-19-11-10-16(24)12-14(19)2/h6-12H,5,13H2,1-4H3,(H,26,28). The third kappa shape index (κ3) is 4.48. The minimum absolute atomic E-state index is 0.0358. The molecule has 0 fully saturated rings. The van der Waals surface area contributed by atoms with E-state index >= 15 is 0 Å². The number of para-hydroxylation sites is 1. The fourth-order valence-electron chi connectivity index (χ4n) is 3.41. The van der Waals surface area contributed by atoms with E-state index in [2.05, 4.69) is 26.2 Å². The van der Waals surface area contributed by atoms with Crippen molar-refractivity contribution in [3.05, 3.63) is 69.3 Å². The van der Waals surface area contributed by atoms with Gasteiger partial charge < -0.3 is 10.2 Å². The van der Waals surface area contributed by atoms with Crippen LogP contribution < -0.4 is 5.32 Å². The lowest BCUT2D eigenvalue weighted by molar-refractivity contribution is -0.116. The summed E-state index contributed by atoms with van der Waals surface area (Å²) in [5, 5.41) is 3.69. The highest BCUT2D eigenvalue weighted by Crippen LogP contribution is 2.25. The van der Waals surface area contributed by atoms with Gasteiger partial charge >= 0.3 is 0 Å². The highest BCUT2D eigenvalue weighted by atomic mass is 79.9. The van der Waals surface area contributed by atoms with Gasteiger partial charge in [0.1, 0.15) is 0 Å². The van der Waals surface area contributed by atoms with Crippen molar-refractivity contribution in [3.8, 4) is 0 Å². The third-order valence-corrected chi connectivity index (χ3v) is 5.47. The van der Waals surface area contributed by atoms with Crippen molar-refractivity contribution >= 4 is 44.3 Å². The predicted molar refractivity (Wildman–Crippen MR) is 120 cm³/mol. The van der Waals surface area contributed by atoms with Gasteiger partial charge in [-0.15, -0.1) is 0 Å². The quantitative estimate of drug-likeness (QED) is 0.598. The summed E-state index contributed by atoms with van der Waals surface area (Å²) < 4.78 is 0.951. The maximum atomic E-state index is 13.3. The van der Waals surface area contributed by atoms with Crippen LogP contribution in [0.3, 0.4) is 0 Å². The van der Waals surface area contributed by atoms with Gasteiger partial charge in [0, 0.05) is 28.3 Å². The lowest BCUT2D eigenvalue weighted by Crippen LogP contribution is -2.35. The second kappa shape index (κ2) is 8.74. The average molecular weight is 454 g/mol. The summed E-state index contributed by atoms with van der Waals surface area (Å²) in [5.74, 6) is -0.420. The molecule has 0 bridgehead atoms. The zero-order valence-electron chi connectivity index (χ0n) is 17.0. The second-order valence-electron chi connectivity index (χ2n) is 7.10. The number of aromatic nitrogens is 1. The summed E-state index contributed by atoms with van der Waals surface area (Å²) in [5.41, 5.74) is 4.86. The molecule has 0 unspecified atom stereocenters. The number of aryl methyl sites for hydroxylation is 2. The molecule has 3 aromatic rings. The summed E-state index contributed by atoms with van der Waals surface area (Å²) >= 11 is 3.42. The molecule has 0 atom stereocenters. The first-order valence-electron chi connectivity index (χ1n) is 9.51. The molecule has 0 saturated heterocycles. The summed E-state index contributed by atoms with van der Waals surface area (Å²) in [4.78, 5) is 31.9. The van der Waals surface area contributed by atoms with E-state index in [1.807, 2.05) is 63.2 Å². The van der Waals surface area contributed by atoms with E-state index in [1.54, 1.807) is 7.05 Å². The number of nitrogens with zero attached hydrogens (tertiary/aromatic N) is 2. The Morgan fingerprint density at radius 2 is 1.86 bits per heavy atom. The molecule has 5 nitrogen and oxygen atoms in total. The first-order valence-corrected chi connectivity index (χ1v) is 10.3. The molecule has 29 heavy (non-hydrogen) atoms. The topological polar surface area (TPSA) is 62.3 Å². The normalized spacial score (nSPS) is 10.8. The molecule has 2 aromatic carbocycles. The number of nitrogens with one attached hydrogen (secondary N) is 1. The number of benzene rings is 2. The zero-order chi connectivity index (χ0) is 21.1. The van der Waals surface area contributed by atoms with E-state index in [0.717, 1.165) is 44.3 Å². The van der Waals surface area contributed by atoms with Crippen LogP contribution in [0.1, 0.15) is 34.1 Å². The fourth-order valence-corrected chi connectivity index (χ4v) is 3.89. The van der Waals surface area contributed by atoms with E-state index in [4.69, 9.17) is 0 Å². The first kappa shape index (κ1) is 21.0. The number of carbonyl (C=O) groups is 2. The van der Waals surface area contributed by atoms with Gasteiger partial charge in [-0.3, -0.25) is 14.6 Å². The fraction of sp³-hybridized carbons (Fsp3) is 0.261. The number of halogens is 1. The van der Waals surface area contributed by atoms with Crippen molar-refractivity contribution in [2.24, 2.45) is 0 Å². The van der Waals surface area contributed by atoms with Crippen molar-refractivity contribution in [1.29, 1.82) is 0 Å². The number of carbonyl (C=O) groups excluding carboxylic acids is 2. The molecule has 3 rings (SSSR count). The molecule has 6 heteroatoms. The number of fused-ring (bicyclic) bond motifs is 1. The Kier molecular flexibility index (Phi) is 6.33. The Morgan fingerprint density at radius 3 is 2.55 bits per heavy atom. The molecule has 0 aliphatic rings. The first-order chi connectivity index (χ1) is 13.8. The molecular formula is C23H24BrN3O2. The van der Waals surface area contributed by atoms with Gasteiger partial charge in [-0.25, -0.2) is 0 Å². The minimum Gasteiger partial charge on any atom is -0.332 e. The van der Waals surface area contributed by atoms with Crippen molar-refractivity contribution in [2.45, 2.75) is 27.2 Å². The maximum absolute atomic E-state index is 13.3. The number of likely N-dealkylation sites (N-methyl/N-ethyl adjacent to an activating group) is 1. The molecule has 1 heterocycles. The maximum Gasteiger partial charge on any atom is 0.255 e. The monoisotopic (exact) mass is 453 g/mol. The average Bonchev–Trinajstić information content (AvgIpc) is 2.69. The predicted octanol–water partition coefficient (Wildman–Crippen LogP) is 4.89. The molecule has 150 valence electrons. The van der Waals surface area contributed by atoms with Crippen molar-refractivity contribution in [3.63, 3.8) is 0 Å². The van der Waals surface area contributed by atoms with Gasteiger partial charge in [0.25, 0.3) is 5.91 Å². The van der Waals surface area contributed by atoms with Crippen LogP contribution in [0.5, 0.6) is 0 Å². The molecule has 2 amide bonds. The molecule has 0 aliphatic carbocycles. The Morgan fingerprint density at radius 1 is 1.14 bits per heavy atom. The van der Waals surface area contributed by atoms with Crippen LogP contribution in [0.25, 0.3) is 10.9 Å². The van der Waals surface area contributed by atoms with E-state index in [0.29, 0.717) is 5.56 Å². The molecule has 1 N–H and O–H groups in total. The van der Waals surface area contributed by atoms with E-state index in [9.17, 15) is 9.59 Å². The number of hydrogen-bond donors (Lipinski definition) is 1. The molecule has 0 radical (unpaired) electrons. The van der Waals surface area contributed by atoms with Gasteiger partial charge in [-0.2, -0.15) is 0 Å². The van der Waals surface area contributed by atoms with Crippen molar-refractivity contribution in [2.75, 3.05) is 18.9 Å². The molecule has 0 saturated carbocycles. The Labute approximate surface area is 179 Å². The number of anilines is 1. The summed E-state index contributed by atoms with van der Waals surface area (Å²) in [6.07, 6.45) is 0.740. The lowest BCUT2D eigenvalue weighted by atomic mass is 9.99. The van der Waals surface area contributed by atoms with Crippen LogP contribution in [-0.4, -0.2) is 35.3 Å². The molecule has 0 aliphatic heterocycles. The number of hydrogen-bond acceptors (Lipinski definition) is 3. The van der Waals surface area contributed by atoms with Crippen LogP contribution >= 0.6 is 15.9 Å². The van der Waals surface area contributed by atoms with Crippen LogP contribution in [0.15, 0.2) is 46.9 Å². The molecular weight excluding hydrogens is 430 g/mol. The summed E-state index contributed by atoms with van der Waals surface area (Å²) in [6, 6.07) is 13.3. The van der Waals surface area contributed by atoms with Crippen molar-refractivity contribution < 1.29 is 9.59 Å². The third-order valence-electron chi connectivity index (χ3n) is 4.98. The number of rotatable bonds is 5. The van der Waals surface area contributed by atoms with Gasteiger partial charge in [-0.05, 0) is 55.7 Å². The van der Waals surface area contributed by atoms with Gasteiger partial charge in [0.2, 0.25) is 5.91 Å². The van der Waals surface area contributed by atoms with Crippen LogP contribution in [0.2, 0.25) is 0 Å². The zero-order valence-corrected chi connectivity index (χ0v) is 18.6. The Hall–Kier alpha value is -2.73. The Bertz CT molecular complexity index is 1090. The summed E-state index contributed by atoms with van der Waals surface area (Å²) in [7, 11) is 1.65. The smallest absolute Gasteiger partial charge is 0.255 e. The van der Waals surface area contributed by atoms with Crippen molar-refractivity contribution in [1.82, 2.24) is 9.88 Å². The van der Waals surface area contributed by atoms with Crippen LogP contribution in [0, 0.1) is 13.8 Å². The summed E-state index contributed by atoms with van der Waals surface area (Å²) in [6.45, 7) is 5.83. The Balaban J connectivity index is 1.85. The van der Waals surface area contributed by atoms with Crippen LogP contribution in [0.4, 0.5) is 5.69 Å². The number of pyridine rings is 1.